The first-order valence-electron chi connectivity index (χ1n) is 9.36. The van der Waals surface area contributed by atoms with E-state index >= 15 is 0 Å². The summed E-state index contributed by atoms with van der Waals surface area (Å²) in [6, 6.07) is 3.98. The number of nitrogens with two attached hydrogens (primary N) is 2. The first kappa shape index (κ1) is 19.1. The highest BCUT2D eigenvalue weighted by Crippen LogP contribution is 2.47. The predicted molar refractivity (Wildman–Crippen MR) is 107 cm³/mol. The average Bonchev–Trinajstić information content (AvgIpc) is 3.11. The largest absolute Gasteiger partial charge is 0.496 e. The average molecular weight is 376 g/mol. The molecule has 0 aliphatic heterocycles. The van der Waals surface area contributed by atoms with E-state index in [2.05, 4.69) is 0 Å². The van der Waals surface area contributed by atoms with E-state index in [1.807, 2.05) is 12.1 Å². The van der Waals surface area contributed by atoms with Gasteiger partial charge in [0, 0.05) is 17.8 Å². The zero-order valence-electron chi connectivity index (χ0n) is 15.7. The maximum Gasteiger partial charge on any atom is 0.132 e. The Hall–Kier alpha value is -1.63. The Morgan fingerprint density at radius 1 is 1.08 bits per heavy atom. The van der Waals surface area contributed by atoms with Crippen molar-refractivity contribution in [3.63, 3.8) is 0 Å². The monoisotopic (exact) mass is 375 g/mol. The molecule has 6 heteroatoms. The van der Waals surface area contributed by atoms with Gasteiger partial charge in [-0.05, 0) is 43.0 Å². The third-order valence-electron chi connectivity index (χ3n) is 5.07. The Morgan fingerprint density at radius 2 is 1.73 bits per heavy atom. The molecular weight excluding hydrogens is 346 g/mol. The summed E-state index contributed by atoms with van der Waals surface area (Å²) in [7, 11) is 3.37. The van der Waals surface area contributed by atoms with Crippen molar-refractivity contribution in [1.82, 2.24) is 4.98 Å². The summed E-state index contributed by atoms with van der Waals surface area (Å²) in [5.41, 5.74) is 14.6. The summed E-state index contributed by atoms with van der Waals surface area (Å²) in [6.07, 6.45) is 7.16. The molecule has 26 heavy (non-hydrogen) atoms. The number of nitrogens with zero attached hydrogens (tertiary/aromatic N) is 1. The van der Waals surface area contributed by atoms with Gasteiger partial charge in [-0.25, -0.2) is 4.98 Å². The molecular formula is C20H29N3O2S. The number of rotatable bonds is 7. The first-order chi connectivity index (χ1) is 12.7. The second-order valence-corrected chi connectivity index (χ2v) is 7.89. The van der Waals surface area contributed by atoms with E-state index in [0.29, 0.717) is 19.0 Å². The number of benzene rings is 1. The molecule has 1 aromatic heterocycles. The SMILES string of the molecule is COc1cc(CN)cc(OC)c1-c1nc(CCN)sc1C1CCCCC1. The lowest BCUT2D eigenvalue weighted by molar-refractivity contribution is 0.396. The standard InChI is InChI=1S/C20H29N3O2S/c1-24-15-10-13(12-22)11-16(25-2)18(15)19-20(14-6-4-3-5-7-14)26-17(23-19)8-9-21/h10-11,14H,3-9,12,21-22H2,1-2H3. The molecule has 0 amide bonds. The maximum absolute atomic E-state index is 5.84. The van der Waals surface area contributed by atoms with Crippen LogP contribution in [0.25, 0.3) is 11.3 Å². The summed E-state index contributed by atoms with van der Waals surface area (Å²) < 4.78 is 11.4. The normalized spacial score (nSPS) is 15.2. The van der Waals surface area contributed by atoms with Gasteiger partial charge in [0.1, 0.15) is 11.5 Å². The van der Waals surface area contributed by atoms with E-state index in [0.717, 1.165) is 39.7 Å². The van der Waals surface area contributed by atoms with Gasteiger partial charge in [-0.3, -0.25) is 0 Å². The molecule has 0 unspecified atom stereocenters. The molecule has 1 fully saturated rings. The van der Waals surface area contributed by atoms with Crippen LogP contribution in [-0.2, 0) is 13.0 Å². The van der Waals surface area contributed by atoms with Gasteiger partial charge in [-0.1, -0.05) is 19.3 Å². The lowest BCUT2D eigenvalue weighted by Crippen LogP contribution is -2.05. The number of ether oxygens (including phenoxy) is 2. The molecule has 1 saturated carbocycles. The molecule has 0 atom stereocenters. The Balaban J connectivity index is 2.15. The minimum Gasteiger partial charge on any atom is -0.496 e. The maximum atomic E-state index is 5.84. The zero-order valence-corrected chi connectivity index (χ0v) is 16.5. The minimum absolute atomic E-state index is 0.442. The fourth-order valence-electron chi connectivity index (χ4n) is 3.75. The van der Waals surface area contributed by atoms with E-state index in [1.165, 1.54) is 37.0 Å². The summed E-state index contributed by atoms with van der Waals surface area (Å²) in [4.78, 5) is 6.32. The molecule has 2 aromatic rings. The fraction of sp³-hybridized carbons (Fsp3) is 0.550. The summed E-state index contributed by atoms with van der Waals surface area (Å²) in [5.74, 6) is 2.10. The topological polar surface area (TPSA) is 83.4 Å². The van der Waals surface area contributed by atoms with Crippen LogP contribution in [0.15, 0.2) is 12.1 Å². The van der Waals surface area contributed by atoms with Gasteiger partial charge in [0.2, 0.25) is 0 Å². The van der Waals surface area contributed by atoms with Crippen LogP contribution in [-0.4, -0.2) is 25.7 Å². The van der Waals surface area contributed by atoms with Crippen LogP contribution in [0.5, 0.6) is 11.5 Å². The number of methoxy groups -OCH3 is 2. The van der Waals surface area contributed by atoms with Crippen molar-refractivity contribution in [1.29, 1.82) is 0 Å². The second-order valence-electron chi connectivity index (χ2n) is 6.77. The Kier molecular flexibility index (Phi) is 6.51. The van der Waals surface area contributed by atoms with Crippen molar-refractivity contribution in [2.24, 2.45) is 11.5 Å². The predicted octanol–water partition coefficient (Wildman–Crippen LogP) is 3.83. The van der Waals surface area contributed by atoms with E-state index in [1.54, 1.807) is 25.6 Å². The van der Waals surface area contributed by atoms with Gasteiger partial charge in [-0.2, -0.15) is 0 Å². The highest BCUT2D eigenvalue weighted by Gasteiger charge is 2.27. The van der Waals surface area contributed by atoms with Crippen molar-refractivity contribution < 1.29 is 9.47 Å². The molecule has 4 N–H and O–H groups in total. The molecule has 142 valence electrons. The van der Waals surface area contributed by atoms with Crippen molar-refractivity contribution >= 4 is 11.3 Å². The second kappa shape index (κ2) is 8.84. The number of thiazole rings is 1. The van der Waals surface area contributed by atoms with Crippen LogP contribution in [0.4, 0.5) is 0 Å². The molecule has 0 radical (unpaired) electrons. The molecule has 0 saturated heterocycles. The van der Waals surface area contributed by atoms with Crippen molar-refractivity contribution in [2.75, 3.05) is 20.8 Å². The molecule has 0 bridgehead atoms. The highest BCUT2D eigenvalue weighted by molar-refractivity contribution is 7.12. The number of hydrogen-bond acceptors (Lipinski definition) is 6. The number of hydrogen-bond donors (Lipinski definition) is 2. The van der Waals surface area contributed by atoms with E-state index in [9.17, 15) is 0 Å². The van der Waals surface area contributed by atoms with E-state index < -0.39 is 0 Å². The fourth-order valence-corrected chi connectivity index (χ4v) is 5.00. The molecule has 5 nitrogen and oxygen atoms in total. The highest BCUT2D eigenvalue weighted by atomic mass is 32.1. The van der Waals surface area contributed by atoms with Crippen LogP contribution in [0, 0.1) is 0 Å². The Morgan fingerprint density at radius 3 is 2.27 bits per heavy atom. The van der Waals surface area contributed by atoms with Gasteiger partial charge in [-0.15, -0.1) is 11.3 Å². The Bertz CT molecular complexity index is 714. The summed E-state index contributed by atoms with van der Waals surface area (Å²) >= 11 is 1.81. The third-order valence-corrected chi connectivity index (χ3v) is 6.35. The number of aromatic nitrogens is 1. The zero-order chi connectivity index (χ0) is 18.5. The molecule has 0 spiro atoms. The third kappa shape index (κ3) is 3.87. The van der Waals surface area contributed by atoms with Gasteiger partial charge in [0.05, 0.1) is 30.5 Å². The quantitative estimate of drug-likeness (QED) is 0.768. The summed E-state index contributed by atoms with van der Waals surface area (Å²) in [5, 5.41) is 1.09. The molecule has 3 rings (SSSR count). The van der Waals surface area contributed by atoms with Crippen LogP contribution in [0.1, 0.15) is 53.5 Å². The molecule has 1 heterocycles. The molecule has 1 aromatic carbocycles. The van der Waals surface area contributed by atoms with Gasteiger partial charge >= 0.3 is 0 Å². The first-order valence-corrected chi connectivity index (χ1v) is 10.2. The lowest BCUT2D eigenvalue weighted by Gasteiger charge is -2.22. The Labute approximate surface area is 159 Å². The van der Waals surface area contributed by atoms with Gasteiger partial charge < -0.3 is 20.9 Å². The molecule has 1 aliphatic carbocycles. The van der Waals surface area contributed by atoms with Crippen molar-refractivity contribution in [3.8, 4) is 22.8 Å². The van der Waals surface area contributed by atoms with E-state index in [-0.39, 0.29) is 0 Å². The van der Waals surface area contributed by atoms with Crippen LogP contribution in [0.2, 0.25) is 0 Å². The van der Waals surface area contributed by atoms with Crippen molar-refractivity contribution in [3.05, 3.63) is 27.6 Å². The van der Waals surface area contributed by atoms with Crippen LogP contribution >= 0.6 is 11.3 Å². The van der Waals surface area contributed by atoms with Gasteiger partial charge in [0.25, 0.3) is 0 Å². The van der Waals surface area contributed by atoms with Gasteiger partial charge in [0.15, 0.2) is 0 Å². The summed E-state index contributed by atoms with van der Waals surface area (Å²) in [6.45, 7) is 1.05. The van der Waals surface area contributed by atoms with Crippen LogP contribution < -0.4 is 20.9 Å². The van der Waals surface area contributed by atoms with Crippen molar-refractivity contribution in [2.45, 2.75) is 51.0 Å². The smallest absolute Gasteiger partial charge is 0.132 e. The molecule has 1 aliphatic rings. The van der Waals surface area contributed by atoms with Crippen LogP contribution in [0.3, 0.4) is 0 Å². The minimum atomic E-state index is 0.442. The van der Waals surface area contributed by atoms with E-state index in [4.69, 9.17) is 25.9 Å². The lowest BCUT2D eigenvalue weighted by atomic mass is 9.86.